The van der Waals surface area contributed by atoms with Crippen LogP contribution in [0.1, 0.15) is 21.5 Å². The molecule has 6 nitrogen and oxygen atoms in total. The zero-order valence-electron chi connectivity index (χ0n) is 16.7. The van der Waals surface area contributed by atoms with Gasteiger partial charge in [0.15, 0.2) is 0 Å². The minimum atomic E-state index is -0.449. The van der Waals surface area contributed by atoms with Crippen LogP contribution in [0.3, 0.4) is 0 Å². The van der Waals surface area contributed by atoms with E-state index in [1.54, 1.807) is 35.1 Å². The lowest BCUT2D eigenvalue weighted by molar-refractivity contribution is 0.0954. The molecule has 154 valence electrons. The van der Waals surface area contributed by atoms with Crippen LogP contribution < -0.4 is 5.43 Å². The number of aromatic hydroxyl groups is 1. The zero-order chi connectivity index (χ0) is 21.8. The number of benzene rings is 3. The van der Waals surface area contributed by atoms with Crippen LogP contribution in [0.4, 0.5) is 4.39 Å². The van der Waals surface area contributed by atoms with E-state index >= 15 is 0 Å². The molecule has 3 aromatic carbocycles. The van der Waals surface area contributed by atoms with Crippen LogP contribution in [0.25, 0.3) is 16.9 Å². The number of hydrogen-bond acceptors (Lipinski definition) is 4. The Morgan fingerprint density at radius 2 is 1.84 bits per heavy atom. The Morgan fingerprint density at radius 1 is 1.10 bits per heavy atom. The molecular formula is C24H19FN4O2. The normalized spacial score (nSPS) is 11.0. The number of nitrogens with zero attached hydrogens (tertiary/aromatic N) is 3. The Hall–Kier alpha value is -4.26. The van der Waals surface area contributed by atoms with E-state index in [1.807, 2.05) is 31.2 Å². The molecule has 4 aromatic rings. The van der Waals surface area contributed by atoms with E-state index in [0.29, 0.717) is 16.9 Å². The average Bonchev–Trinajstić information content (AvgIpc) is 3.19. The van der Waals surface area contributed by atoms with Crippen LogP contribution >= 0.6 is 0 Å². The number of hydrogen-bond donors (Lipinski definition) is 2. The molecule has 0 bridgehead atoms. The van der Waals surface area contributed by atoms with Crippen LogP contribution in [0.15, 0.2) is 84.1 Å². The second-order valence-electron chi connectivity index (χ2n) is 6.97. The van der Waals surface area contributed by atoms with Gasteiger partial charge in [-0.1, -0.05) is 35.9 Å². The van der Waals surface area contributed by atoms with Crippen LogP contribution in [0.2, 0.25) is 0 Å². The fourth-order valence-corrected chi connectivity index (χ4v) is 3.02. The molecule has 1 heterocycles. The predicted molar refractivity (Wildman–Crippen MR) is 117 cm³/mol. The highest BCUT2D eigenvalue weighted by molar-refractivity contribution is 5.96. The quantitative estimate of drug-likeness (QED) is 0.374. The summed E-state index contributed by atoms with van der Waals surface area (Å²) in [5.74, 6) is -0.778. The van der Waals surface area contributed by atoms with E-state index in [4.69, 9.17) is 0 Å². The summed E-state index contributed by atoms with van der Waals surface area (Å²) in [6.45, 7) is 2.00. The van der Waals surface area contributed by atoms with Crippen LogP contribution in [0, 0.1) is 12.7 Å². The van der Waals surface area contributed by atoms with Crippen LogP contribution in [0.5, 0.6) is 5.75 Å². The fourth-order valence-electron chi connectivity index (χ4n) is 3.02. The number of aryl methyl sites for hydroxylation is 1. The van der Waals surface area contributed by atoms with Crippen molar-refractivity contribution in [3.63, 3.8) is 0 Å². The second kappa shape index (κ2) is 8.62. The third-order valence-corrected chi connectivity index (χ3v) is 4.64. The Labute approximate surface area is 178 Å². The fraction of sp³-hybridized carbons (Fsp3) is 0.0417. The number of phenols is 1. The number of halogens is 1. The van der Waals surface area contributed by atoms with Gasteiger partial charge in [0.25, 0.3) is 5.91 Å². The summed E-state index contributed by atoms with van der Waals surface area (Å²) in [6.07, 6.45) is 3.26. The molecule has 0 atom stereocenters. The maximum absolute atomic E-state index is 13.3. The number of amides is 1. The molecule has 0 unspecified atom stereocenters. The lowest BCUT2D eigenvalue weighted by Gasteiger charge is -2.02. The number of nitrogens with one attached hydrogen (secondary N) is 1. The average molecular weight is 414 g/mol. The van der Waals surface area contributed by atoms with Crippen LogP contribution in [-0.4, -0.2) is 27.0 Å². The van der Waals surface area contributed by atoms with Gasteiger partial charge in [-0.2, -0.15) is 10.2 Å². The van der Waals surface area contributed by atoms with Crippen molar-refractivity contribution in [1.82, 2.24) is 15.2 Å². The summed E-state index contributed by atoms with van der Waals surface area (Å²) in [5.41, 5.74) is 6.77. The van der Waals surface area contributed by atoms with E-state index in [9.17, 15) is 14.3 Å². The predicted octanol–water partition coefficient (Wildman–Crippen LogP) is 4.46. The topological polar surface area (TPSA) is 79.5 Å². The summed E-state index contributed by atoms with van der Waals surface area (Å²) in [7, 11) is 0. The Kier molecular flexibility index (Phi) is 5.57. The first kappa shape index (κ1) is 20.0. The molecule has 2 N–H and O–H groups in total. The molecule has 0 aliphatic rings. The SMILES string of the molecule is Cc1ccc(-c2nn(-c3ccc(F)cc3)cc2/C=N\NC(=O)c2cccc(O)c2)cc1. The molecule has 7 heteroatoms. The van der Waals surface area contributed by atoms with Gasteiger partial charge >= 0.3 is 0 Å². The Bertz CT molecular complexity index is 1250. The Morgan fingerprint density at radius 3 is 2.55 bits per heavy atom. The summed E-state index contributed by atoms with van der Waals surface area (Å²) < 4.78 is 14.9. The van der Waals surface area contributed by atoms with Gasteiger partial charge in [0, 0.05) is 22.9 Å². The Balaban J connectivity index is 1.64. The largest absolute Gasteiger partial charge is 0.508 e. The number of aromatic nitrogens is 2. The summed E-state index contributed by atoms with van der Waals surface area (Å²) in [6, 6.07) is 19.9. The van der Waals surface area contributed by atoms with Crippen molar-refractivity contribution in [2.75, 3.05) is 0 Å². The highest BCUT2D eigenvalue weighted by atomic mass is 19.1. The molecular weight excluding hydrogens is 395 g/mol. The number of carbonyl (C=O) groups is 1. The van der Waals surface area contributed by atoms with Crippen molar-refractivity contribution in [2.45, 2.75) is 6.92 Å². The van der Waals surface area contributed by atoms with Gasteiger partial charge < -0.3 is 5.11 Å². The van der Waals surface area contributed by atoms with Gasteiger partial charge in [-0.25, -0.2) is 14.5 Å². The molecule has 0 fully saturated rings. The lowest BCUT2D eigenvalue weighted by Crippen LogP contribution is -2.17. The first-order chi connectivity index (χ1) is 15.0. The van der Waals surface area contributed by atoms with Crippen molar-refractivity contribution in [3.8, 4) is 22.7 Å². The van der Waals surface area contributed by atoms with Gasteiger partial charge in [0.2, 0.25) is 0 Å². The van der Waals surface area contributed by atoms with E-state index in [0.717, 1.165) is 11.1 Å². The van der Waals surface area contributed by atoms with Crippen molar-refractivity contribution in [1.29, 1.82) is 0 Å². The maximum atomic E-state index is 13.3. The van der Waals surface area contributed by atoms with Crippen molar-refractivity contribution in [2.24, 2.45) is 5.10 Å². The van der Waals surface area contributed by atoms with E-state index in [2.05, 4.69) is 15.6 Å². The molecule has 0 saturated carbocycles. The standard InChI is InChI=1S/C24H19FN4O2/c1-16-5-7-17(8-6-16)23-19(15-29(28-23)21-11-9-20(25)10-12-21)14-26-27-24(31)18-3-2-4-22(30)13-18/h2-15,30H,1H3,(H,27,31)/b26-14-. The monoisotopic (exact) mass is 414 g/mol. The molecule has 0 saturated heterocycles. The van der Waals surface area contributed by atoms with Gasteiger partial charge in [-0.3, -0.25) is 4.79 Å². The van der Waals surface area contributed by atoms with Gasteiger partial charge in [0.1, 0.15) is 17.3 Å². The first-order valence-corrected chi connectivity index (χ1v) is 9.55. The molecule has 4 rings (SSSR count). The molecule has 1 aromatic heterocycles. The van der Waals surface area contributed by atoms with E-state index < -0.39 is 5.91 Å². The summed E-state index contributed by atoms with van der Waals surface area (Å²) in [5, 5.41) is 18.2. The number of carbonyl (C=O) groups excluding carboxylic acids is 1. The van der Waals surface area contributed by atoms with Gasteiger partial charge in [0.05, 0.1) is 11.9 Å². The summed E-state index contributed by atoms with van der Waals surface area (Å²) in [4.78, 5) is 12.2. The smallest absolute Gasteiger partial charge is 0.271 e. The number of phenolic OH excluding ortho intramolecular Hbond substituents is 1. The third kappa shape index (κ3) is 4.67. The second-order valence-corrected chi connectivity index (χ2v) is 6.97. The van der Waals surface area contributed by atoms with Gasteiger partial charge in [-0.15, -0.1) is 0 Å². The molecule has 31 heavy (non-hydrogen) atoms. The minimum absolute atomic E-state index is 0.00105. The van der Waals surface area contributed by atoms with Gasteiger partial charge in [-0.05, 0) is 49.4 Å². The minimum Gasteiger partial charge on any atom is -0.508 e. The highest BCUT2D eigenvalue weighted by Crippen LogP contribution is 2.23. The van der Waals surface area contributed by atoms with Crippen LogP contribution in [-0.2, 0) is 0 Å². The number of hydrazone groups is 1. The van der Waals surface area contributed by atoms with E-state index in [1.165, 1.54) is 30.5 Å². The molecule has 0 aliphatic carbocycles. The zero-order valence-corrected chi connectivity index (χ0v) is 16.7. The summed E-state index contributed by atoms with van der Waals surface area (Å²) >= 11 is 0. The molecule has 0 radical (unpaired) electrons. The third-order valence-electron chi connectivity index (χ3n) is 4.64. The van der Waals surface area contributed by atoms with Crippen molar-refractivity contribution in [3.05, 3.63) is 102 Å². The highest BCUT2D eigenvalue weighted by Gasteiger charge is 2.12. The first-order valence-electron chi connectivity index (χ1n) is 9.55. The van der Waals surface area contributed by atoms with Crippen molar-refractivity contribution >= 4 is 12.1 Å². The lowest BCUT2D eigenvalue weighted by atomic mass is 10.1. The molecule has 1 amide bonds. The molecule has 0 spiro atoms. The van der Waals surface area contributed by atoms with E-state index in [-0.39, 0.29) is 17.1 Å². The number of rotatable bonds is 5. The maximum Gasteiger partial charge on any atom is 0.271 e. The van der Waals surface area contributed by atoms with Crippen molar-refractivity contribution < 1.29 is 14.3 Å². The molecule has 0 aliphatic heterocycles.